The molecule has 3 aliphatic heterocycles. The van der Waals surface area contributed by atoms with Crippen LogP contribution < -0.4 is 10.1 Å². The van der Waals surface area contributed by atoms with Gasteiger partial charge in [-0.05, 0) is 112 Å². The molecule has 6 nitrogen and oxygen atoms in total. The van der Waals surface area contributed by atoms with Gasteiger partial charge in [0.15, 0.2) is 0 Å². The second-order valence-electron chi connectivity index (χ2n) is 12.7. The normalized spacial score (nSPS) is 38.4. The Morgan fingerprint density at radius 1 is 1.16 bits per heavy atom. The summed E-state index contributed by atoms with van der Waals surface area (Å²) in [5.41, 5.74) is 1.85. The van der Waals surface area contributed by atoms with Crippen LogP contribution in [0.15, 0.2) is 43.1 Å². The molecule has 9 rings (SSSR count). The number of nitrogens with one attached hydrogen (secondary N) is 1. The highest BCUT2D eigenvalue weighted by Crippen LogP contribution is 2.55. The van der Waals surface area contributed by atoms with E-state index in [1.807, 2.05) is 30.5 Å². The highest BCUT2D eigenvalue weighted by atomic mass is 16.6. The summed E-state index contributed by atoms with van der Waals surface area (Å²) in [4.78, 5) is 20.9. The predicted octanol–water partition coefficient (Wildman–Crippen LogP) is 5.88. The van der Waals surface area contributed by atoms with E-state index in [0.29, 0.717) is 11.8 Å². The van der Waals surface area contributed by atoms with Crippen molar-refractivity contribution >= 4 is 17.0 Å². The number of rotatable bonds is 6. The number of amides is 1. The van der Waals surface area contributed by atoms with E-state index in [1.54, 1.807) is 7.11 Å². The zero-order chi connectivity index (χ0) is 25.1. The largest absolute Gasteiger partial charge is 0.497 e. The second-order valence-corrected chi connectivity index (χ2v) is 12.7. The summed E-state index contributed by atoms with van der Waals surface area (Å²) in [5.74, 6) is 4.21. The molecule has 5 atom stereocenters. The van der Waals surface area contributed by atoms with Crippen LogP contribution in [0.25, 0.3) is 10.9 Å². The molecule has 2 aromatic rings. The fraction of sp³-hybridized carbons (Fsp3) is 0.613. The Hall–Kier alpha value is -2.60. The molecular weight excluding hydrogens is 462 g/mol. The van der Waals surface area contributed by atoms with Crippen molar-refractivity contribution in [1.82, 2.24) is 15.2 Å². The maximum atomic E-state index is 13.7. The Morgan fingerprint density at radius 3 is 2.57 bits per heavy atom. The average molecular weight is 502 g/mol. The summed E-state index contributed by atoms with van der Waals surface area (Å²) < 4.78 is 12.1. The number of fused-ring (bicyclic) bond motifs is 4. The molecule has 1 amide bonds. The van der Waals surface area contributed by atoms with E-state index < -0.39 is 0 Å². The maximum Gasteiger partial charge on any atom is 0.408 e. The van der Waals surface area contributed by atoms with Gasteiger partial charge in [0.2, 0.25) is 0 Å². The second kappa shape index (κ2) is 9.00. The summed E-state index contributed by atoms with van der Waals surface area (Å²) in [6.07, 6.45) is 13.0. The van der Waals surface area contributed by atoms with E-state index in [4.69, 9.17) is 9.47 Å². The zero-order valence-corrected chi connectivity index (χ0v) is 21.9. The summed E-state index contributed by atoms with van der Waals surface area (Å²) >= 11 is 0. The van der Waals surface area contributed by atoms with Gasteiger partial charge in [-0.25, -0.2) is 4.79 Å². The predicted molar refractivity (Wildman–Crippen MR) is 143 cm³/mol. The van der Waals surface area contributed by atoms with Crippen molar-refractivity contribution in [3.05, 3.63) is 48.7 Å². The summed E-state index contributed by atoms with van der Waals surface area (Å²) in [6, 6.07) is 8.15. The number of carbonyl (C=O) groups is 1. The first-order valence-corrected chi connectivity index (χ1v) is 14.3. The number of aromatic nitrogens is 1. The number of piperidine rings is 3. The fourth-order valence-electron chi connectivity index (χ4n) is 9.19. The van der Waals surface area contributed by atoms with Crippen LogP contribution in [0.2, 0.25) is 0 Å². The number of hydrogen-bond acceptors (Lipinski definition) is 5. The molecule has 4 aliphatic carbocycles. The molecule has 0 spiro atoms. The summed E-state index contributed by atoms with van der Waals surface area (Å²) in [7, 11) is 1.69. The number of methoxy groups -OCH3 is 1. The van der Waals surface area contributed by atoms with Crippen LogP contribution in [0.3, 0.4) is 0 Å². The Kier molecular flexibility index (Phi) is 5.72. The SMILES string of the molecule is C=C[C@H]1CN2CC[C@H]1C[C@H]2[C@H](OC(=O)NC12CC3CC(CC(C3)C1)C2)c1ccnc2ccc(OC)cc12. The van der Waals surface area contributed by atoms with E-state index in [9.17, 15) is 4.79 Å². The molecule has 1 N–H and O–H groups in total. The van der Waals surface area contributed by atoms with Crippen LogP contribution in [-0.4, -0.2) is 47.8 Å². The van der Waals surface area contributed by atoms with Crippen molar-refractivity contribution in [2.45, 2.75) is 69.1 Å². The van der Waals surface area contributed by atoms with Gasteiger partial charge in [0.25, 0.3) is 0 Å². The molecule has 7 aliphatic rings. The van der Waals surface area contributed by atoms with E-state index >= 15 is 0 Å². The van der Waals surface area contributed by atoms with Gasteiger partial charge in [-0.15, -0.1) is 6.58 Å². The minimum Gasteiger partial charge on any atom is -0.497 e. The van der Waals surface area contributed by atoms with E-state index in [2.05, 4.69) is 27.9 Å². The molecule has 37 heavy (non-hydrogen) atoms. The molecule has 7 fully saturated rings. The third-order valence-corrected chi connectivity index (χ3v) is 10.4. The molecule has 0 radical (unpaired) electrons. The molecule has 4 heterocycles. The Balaban J connectivity index is 1.21. The standard InChI is InChI=1S/C31H39N3O3/c1-3-22-18-34-9-7-23(22)13-28(34)29(25-6-8-32-27-5-4-24(36-2)14-26(25)27)37-30(35)33-31-15-19-10-20(16-31)12-21(11-19)17-31/h3-6,8,14,19-23,28-29H,1,7,9-13,15-18H2,2H3,(H,33,35)/t19?,20?,21?,22-,23-,28-,29+,31?/m0/s1. The first kappa shape index (κ1) is 23.5. The maximum absolute atomic E-state index is 13.7. The molecule has 6 heteroatoms. The first-order valence-electron chi connectivity index (χ1n) is 14.3. The van der Waals surface area contributed by atoms with Crippen molar-refractivity contribution in [2.24, 2.45) is 29.6 Å². The van der Waals surface area contributed by atoms with Crippen LogP contribution in [-0.2, 0) is 4.74 Å². The van der Waals surface area contributed by atoms with Crippen molar-refractivity contribution in [2.75, 3.05) is 20.2 Å². The van der Waals surface area contributed by atoms with Gasteiger partial charge < -0.3 is 14.8 Å². The minimum absolute atomic E-state index is 0.0697. The van der Waals surface area contributed by atoms with Crippen molar-refractivity contribution in [3.8, 4) is 5.75 Å². The van der Waals surface area contributed by atoms with Crippen LogP contribution in [0.4, 0.5) is 4.79 Å². The fourth-order valence-corrected chi connectivity index (χ4v) is 9.19. The molecular formula is C31H39N3O3. The van der Waals surface area contributed by atoms with Gasteiger partial charge in [0, 0.05) is 29.2 Å². The van der Waals surface area contributed by atoms with Crippen LogP contribution in [0.1, 0.15) is 63.0 Å². The smallest absolute Gasteiger partial charge is 0.408 e. The lowest BCUT2D eigenvalue weighted by atomic mass is 9.53. The monoisotopic (exact) mass is 501 g/mol. The molecule has 1 aromatic heterocycles. The van der Waals surface area contributed by atoms with Gasteiger partial charge in [-0.1, -0.05) is 6.08 Å². The van der Waals surface area contributed by atoms with Crippen LogP contribution >= 0.6 is 0 Å². The molecule has 3 saturated heterocycles. The number of hydrogen-bond donors (Lipinski definition) is 1. The topological polar surface area (TPSA) is 63.7 Å². The lowest BCUT2D eigenvalue weighted by Crippen LogP contribution is -2.60. The number of nitrogens with zero attached hydrogens (tertiary/aromatic N) is 2. The van der Waals surface area contributed by atoms with Crippen molar-refractivity contribution in [1.29, 1.82) is 0 Å². The highest BCUT2D eigenvalue weighted by molar-refractivity contribution is 5.84. The Bertz CT molecular complexity index is 1180. The first-order chi connectivity index (χ1) is 18.0. The van der Waals surface area contributed by atoms with Crippen LogP contribution in [0, 0.1) is 29.6 Å². The third-order valence-electron chi connectivity index (χ3n) is 10.4. The number of benzene rings is 1. The number of carbonyl (C=O) groups excluding carboxylic acids is 1. The van der Waals surface area contributed by atoms with E-state index in [1.165, 1.54) is 25.7 Å². The quantitative estimate of drug-likeness (QED) is 0.501. The molecule has 6 bridgehead atoms. The van der Waals surface area contributed by atoms with Gasteiger partial charge in [-0.3, -0.25) is 9.88 Å². The van der Waals surface area contributed by atoms with E-state index in [0.717, 1.165) is 78.7 Å². The van der Waals surface area contributed by atoms with Gasteiger partial charge >= 0.3 is 6.09 Å². The third kappa shape index (κ3) is 4.12. The highest BCUT2D eigenvalue weighted by Gasteiger charge is 2.52. The van der Waals surface area contributed by atoms with Crippen molar-refractivity contribution < 1.29 is 14.3 Å². The van der Waals surface area contributed by atoms with Gasteiger partial charge in [0.05, 0.1) is 18.7 Å². The minimum atomic E-state index is -0.361. The molecule has 4 saturated carbocycles. The lowest BCUT2D eigenvalue weighted by molar-refractivity contribution is -0.0580. The summed E-state index contributed by atoms with van der Waals surface area (Å²) in [5, 5.41) is 4.46. The molecule has 196 valence electrons. The number of alkyl carbamates (subject to hydrolysis) is 1. The molecule has 1 aromatic carbocycles. The summed E-state index contributed by atoms with van der Waals surface area (Å²) in [6.45, 7) is 6.13. The van der Waals surface area contributed by atoms with Gasteiger partial charge in [0.1, 0.15) is 11.9 Å². The number of ether oxygens (including phenoxy) is 2. The van der Waals surface area contributed by atoms with E-state index in [-0.39, 0.29) is 23.8 Å². The number of pyridine rings is 1. The van der Waals surface area contributed by atoms with Gasteiger partial charge in [-0.2, -0.15) is 0 Å². The lowest BCUT2D eigenvalue weighted by Gasteiger charge is -2.56. The zero-order valence-electron chi connectivity index (χ0n) is 21.9. The molecule has 1 unspecified atom stereocenters. The Morgan fingerprint density at radius 2 is 1.92 bits per heavy atom. The average Bonchev–Trinajstić information content (AvgIpc) is 2.90. The van der Waals surface area contributed by atoms with Crippen molar-refractivity contribution in [3.63, 3.8) is 0 Å². The Labute approximate surface area is 219 Å². The van der Waals surface area contributed by atoms with Crippen LogP contribution in [0.5, 0.6) is 5.75 Å².